The van der Waals surface area contributed by atoms with Gasteiger partial charge in [-0.1, -0.05) is 0 Å². The number of hydrogen-bond acceptors (Lipinski definition) is 7. The molecule has 4 aromatic rings. The van der Waals surface area contributed by atoms with Gasteiger partial charge >= 0.3 is 0 Å². The van der Waals surface area contributed by atoms with Crippen molar-refractivity contribution in [3.05, 3.63) is 82.9 Å². The molecular weight excluding hydrogens is 520 g/mol. The van der Waals surface area contributed by atoms with Gasteiger partial charge in [0.2, 0.25) is 0 Å². The third-order valence-corrected chi connectivity index (χ3v) is 7.14. The summed E-state index contributed by atoms with van der Waals surface area (Å²) in [5.41, 5.74) is 3.23. The molecule has 2 aromatic carbocycles. The molecule has 1 aliphatic heterocycles. The van der Waals surface area contributed by atoms with Crippen molar-refractivity contribution >= 4 is 22.6 Å². The van der Waals surface area contributed by atoms with Gasteiger partial charge in [0.05, 0.1) is 12.8 Å². The monoisotopic (exact) mass is 547 g/mol. The zero-order chi connectivity index (χ0) is 28.8. The van der Waals surface area contributed by atoms with E-state index in [-0.39, 0.29) is 41.3 Å². The number of pyridine rings is 2. The topological polar surface area (TPSA) is 125 Å². The number of hydrogen-bond donors (Lipinski definition) is 2. The third kappa shape index (κ3) is 4.75. The first-order valence-corrected chi connectivity index (χ1v) is 12.6. The van der Waals surface area contributed by atoms with Gasteiger partial charge in [0, 0.05) is 34.7 Å². The molecule has 3 heterocycles. The van der Waals surface area contributed by atoms with Gasteiger partial charge in [0.25, 0.3) is 11.6 Å². The maximum Gasteiger partial charge on any atom is 0.263 e. The molecule has 0 saturated heterocycles. The van der Waals surface area contributed by atoms with Crippen LogP contribution in [0.2, 0.25) is 0 Å². The number of nitrogens with two attached hydrogens (primary N) is 1. The van der Waals surface area contributed by atoms with Crippen molar-refractivity contribution in [3.63, 3.8) is 0 Å². The average Bonchev–Trinajstić information content (AvgIpc) is 3.28. The van der Waals surface area contributed by atoms with Crippen molar-refractivity contribution < 1.29 is 33.0 Å². The zero-order valence-electron chi connectivity index (χ0n) is 22.1. The Bertz CT molecular complexity index is 1660. The Hall–Kier alpha value is -4.44. The highest BCUT2D eigenvalue weighted by molar-refractivity contribution is 6.01. The highest BCUT2D eigenvalue weighted by Crippen LogP contribution is 2.46. The summed E-state index contributed by atoms with van der Waals surface area (Å²) in [4.78, 5) is 34.2. The second kappa shape index (κ2) is 9.95. The molecule has 2 aromatic heterocycles. The van der Waals surface area contributed by atoms with Crippen molar-refractivity contribution in [3.8, 4) is 22.8 Å². The molecule has 10 heteroatoms. The van der Waals surface area contributed by atoms with E-state index in [2.05, 4.69) is 9.97 Å². The minimum absolute atomic E-state index is 0.00284. The molecule has 2 atom stereocenters. The fraction of sp³-hybridized carbons (Fsp3) is 0.267. The van der Waals surface area contributed by atoms with Gasteiger partial charge < -0.3 is 20.3 Å². The number of carbonyl (C=O) groups excluding carboxylic acids is 2. The number of rotatable bonds is 8. The molecule has 1 amide bonds. The SMILES string of the molecule is COc1cc(C(=O)CC[C@](C)(O)c2cc3c(c(-c4ccc(F)cc4)n2)OCC3(F)C(N)=O)cc2cc(C)cnc12. The number of carbonyl (C=O) groups is 2. The average molecular weight is 548 g/mol. The lowest BCUT2D eigenvalue weighted by Gasteiger charge is -2.25. The summed E-state index contributed by atoms with van der Waals surface area (Å²) < 4.78 is 40.2. The van der Waals surface area contributed by atoms with Gasteiger partial charge in [-0.15, -0.1) is 0 Å². The Kier molecular flexibility index (Phi) is 6.75. The Morgan fingerprint density at radius 1 is 1.20 bits per heavy atom. The van der Waals surface area contributed by atoms with E-state index in [1.807, 2.05) is 13.0 Å². The number of aliphatic hydroxyl groups is 1. The molecule has 0 spiro atoms. The molecule has 0 fully saturated rings. The largest absolute Gasteiger partial charge is 0.494 e. The summed E-state index contributed by atoms with van der Waals surface area (Å²) in [5, 5.41) is 12.2. The van der Waals surface area contributed by atoms with Crippen molar-refractivity contribution in [2.75, 3.05) is 13.7 Å². The Morgan fingerprint density at radius 2 is 1.93 bits per heavy atom. The first kappa shape index (κ1) is 27.1. The van der Waals surface area contributed by atoms with Gasteiger partial charge in [-0.25, -0.2) is 13.8 Å². The van der Waals surface area contributed by atoms with Crippen LogP contribution in [0.25, 0.3) is 22.2 Å². The molecule has 40 heavy (non-hydrogen) atoms. The predicted molar refractivity (Wildman–Crippen MR) is 143 cm³/mol. The molecule has 1 aliphatic rings. The second-order valence-corrected chi connectivity index (χ2v) is 10.2. The lowest BCUT2D eigenvalue weighted by Crippen LogP contribution is -2.38. The molecule has 8 nitrogen and oxygen atoms in total. The number of amides is 1. The summed E-state index contributed by atoms with van der Waals surface area (Å²) in [6, 6.07) is 11.7. The first-order chi connectivity index (χ1) is 18.9. The maximum absolute atomic E-state index is 15.7. The summed E-state index contributed by atoms with van der Waals surface area (Å²) in [5.74, 6) is -1.57. The molecule has 0 saturated carbocycles. The quantitative estimate of drug-likeness (QED) is 0.307. The highest BCUT2D eigenvalue weighted by Gasteiger charge is 2.49. The molecule has 0 aliphatic carbocycles. The number of nitrogens with zero attached hydrogens (tertiary/aromatic N) is 2. The van der Waals surface area contributed by atoms with Gasteiger partial charge in [0.15, 0.2) is 11.5 Å². The van der Waals surface area contributed by atoms with E-state index in [0.29, 0.717) is 22.4 Å². The summed E-state index contributed by atoms with van der Waals surface area (Å²) in [6.45, 7) is 2.68. The minimum Gasteiger partial charge on any atom is -0.494 e. The summed E-state index contributed by atoms with van der Waals surface area (Å²) in [6.07, 6.45) is 1.55. The molecule has 206 valence electrons. The Balaban J connectivity index is 1.50. The number of aromatic nitrogens is 2. The van der Waals surface area contributed by atoms with Crippen molar-refractivity contribution in [1.82, 2.24) is 9.97 Å². The molecule has 3 N–H and O–H groups in total. The van der Waals surface area contributed by atoms with Crippen LogP contribution in [0.4, 0.5) is 8.78 Å². The van der Waals surface area contributed by atoms with E-state index in [1.54, 1.807) is 18.3 Å². The maximum atomic E-state index is 15.7. The number of alkyl halides is 1. The number of halogens is 2. The minimum atomic E-state index is -2.65. The van der Waals surface area contributed by atoms with Crippen LogP contribution >= 0.6 is 0 Å². The molecular formula is C30H27F2N3O5. The van der Waals surface area contributed by atoms with E-state index in [4.69, 9.17) is 15.2 Å². The van der Waals surface area contributed by atoms with Crippen LogP contribution < -0.4 is 15.2 Å². The fourth-order valence-electron chi connectivity index (χ4n) is 4.78. The van der Waals surface area contributed by atoms with Crippen LogP contribution in [0.5, 0.6) is 11.5 Å². The van der Waals surface area contributed by atoms with E-state index in [0.717, 1.165) is 10.9 Å². The van der Waals surface area contributed by atoms with Crippen LogP contribution in [0.1, 0.15) is 46.9 Å². The van der Waals surface area contributed by atoms with Crippen LogP contribution in [0.15, 0.2) is 54.7 Å². The molecule has 0 radical (unpaired) electrons. The third-order valence-electron chi connectivity index (χ3n) is 7.14. The van der Waals surface area contributed by atoms with Crippen molar-refractivity contribution in [2.24, 2.45) is 5.73 Å². The fourth-order valence-corrected chi connectivity index (χ4v) is 4.78. The lowest BCUT2D eigenvalue weighted by atomic mass is 9.88. The summed E-state index contributed by atoms with van der Waals surface area (Å²) >= 11 is 0. The second-order valence-electron chi connectivity index (χ2n) is 10.2. The van der Waals surface area contributed by atoms with E-state index in [1.165, 1.54) is 44.4 Å². The molecule has 0 bridgehead atoms. The normalized spacial score (nSPS) is 17.6. The number of aryl methyl sites for hydroxylation is 1. The Labute approximate surface area is 228 Å². The first-order valence-electron chi connectivity index (χ1n) is 12.6. The van der Waals surface area contributed by atoms with Crippen molar-refractivity contribution in [1.29, 1.82) is 0 Å². The number of primary amides is 1. The summed E-state index contributed by atoms with van der Waals surface area (Å²) in [7, 11) is 1.49. The number of ether oxygens (including phenoxy) is 2. The standard InChI is InChI=1S/C30H27F2N3O5/c1-16-10-19-11-18(12-23(39-3)25(19)34-14-16)22(36)8-9-29(2,38)24-13-21-27(40-15-30(21,32)28(33)37)26(35-24)17-4-6-20(31)7-5-17/h4-7,10-14,38H,8-9,15H2,1-3H3,(H2,33,37)/t29-,30?/m0/s1. The van der Waals surface area contributed by atoms with Gasteiger partial charge in [-0.3, -0.25) is 14.6 Å². The van der Waals surface area contributed by atoms with Crippen molar-refractivity contribution in [2.45, 2.75) is 38.0 Å². The van der Waals surface area contributed by atoms with E-state index < -0.39 is 29.6 Å². The van der Waals surface area contributed by atoms with Gasteiger partial charge in [-0.2, -0.15) is 0 Å². The molecule has 1 unspecified atom stereocenters. The van der Waals surface area contributed by atoms with Crippen LogP contribution in [0.3, 0.4) is 0 Å². The van der Waals surface area contributed by atoms with E-state index in [9.17, 15) is 19.1 Å². The number of Topliss-reactive ketones (excluding diaryl/α,β-unsaturated/α-hetero) is 1. The lowest BCUT2D eigenvalue weighted by molar-refractivity contribution is -0.130. The van der Waals surface area contributed by atoms with Crippen LogP contribution in [-0.4, -0.2) is 40.5 Å². The van der Waals surface area contributed by atoms with Crippen LogP contribution in [0, 0.1) is 12.7 Å². The zero-order valence-corrected chi connectivity index (χ0v) is 22.1. The number of fused-ring (bicyclic) bond motifs is 2. The molecule has 5 rings (SSSR count). The Morgan fingerprint density at radius 3 is 2.60 bits per heavy atom. The smallest absolute Gasteiger partial charge is 0.263 e. The highest BCUT2D eigenvalue weighted by atomic mass is 19.1. The number of benzene rings is 2. The van der Waals surface area contributed by atoms with Gasteiger partial charge in [0.1, 0.15) is 35.0 Å². The van der Waals surface area contributed by atoms with E-state index >= 15 is 4.39 Å². The number of ketones is 1. The van der Waals surface area contributed by atoms with Gasteiger partial charge in [-0.05, 0) is 74.4 Å². The number of methoxy groups -OCH3 is 1. The predicted octanol–water partition coefficient (Wildman–Crippen LogP) is 4.67. The van der Waals surface area contributed by atoms with Crippen LogP contribution in [-0.2, 0) is 16.1 Å².